The van der Waals surface area contributed by atoms with E-state index in [4.69, 9.17) is 5.14 Å². The first-order chi connectivity index (χ1) is 12.2. The number of thioether (sulfide) groups is 1. The summed E-state index contributed by atoms with van der Waals surface area (Å²) in [6.07, 6.45) is 2.31. The highest BCUT2D eigenvalue weighted by molar-refractivity contribution is 8.01. The van der Waals surface area contributed by atoms with Crippen LogP contribution in [0.4, 0.5) is 10.8 Å². The molecule has 1 aromatic carbocycles. The molecule has 0 saturated heterocycles. The summed E-state index contributed by atoms with van der Waals surface area (Å²) >= 11 is 2.70. The summed E-state index contributed by atoms with van der Waals surface area (Å²) in [5.41, 5.74) is 1.97. The van der Waals surface area contributed by atoms with Crippen molar-refractivity contribution in [3.63, 3.8) is 0 Å². The molecule has 4 N–H and O–H groups in total. The highest BCUT2D eigenvalue weighted by Gasteiger charge is 2.22. The zero-order chi connectivity index (χ0) is 18.9. The Balaban J connectivity index is 1.62. The first kappa shape index (κ1) is 19.1. The lowest BCUT2D eigenvalue weighted by molar-refractivity contribution is -0.113. The zero-order valence-electron chi connectivity index (χ0n) is 14.3. The topological polar surface area (TPSA) is 127 Å². The minimum atomic E-state index is -3.84. The Morgan fingerprint density at radius 3 is 2.73 bits per heavy atom. The van der Waals surface area contributed by atoms with Crippen LogP contribution in [0.25, 0.3) is 0 Å². The van der Waals surface area contributed by atoms with Gasteiger partial charge in [-0.1, -0.05) is 23.1 Å². The van der Waals surface area contributed by atoms with Gasteiger partial charge in [-0.05, 0) is 49.9 Å². The van der Waals surface area contributed by atoms with Crippen molar-refractivity contribution in [3.05, 3.63) is 23.3 Å². The Kier molecular flexibility index (Phi) is 5.51. The van der Waals surface area contributed by atoms with Crippen LogP contribution in [0.5, 0.6) is 0 Å². The van der Waals surface area contributed by atoms with Crippen molar-refractivity contribution in [2.75, 3.05) is 16.4 Å². The smallest absolute Gasteiger partial charge is 0.238 e. The molecule has 0 aliphatic heterocycles. The van der Waals surface area contributed by atoms with Crippen LogP contribution < -0.4 is 15.8 Å². The Hall–Kier alpha value is -1.69. The molecule has 0 radical (unpaired) electrons. The van der Waals surface area contributed by atoms with Crippen molar-refractivity contribution >= 4 is 49.8 Å². The van der Waals surface area contributed by atoms with Crippen LogP contribution in [0, 0.1) is 13.8 Å². The lowest BCUT2D eigenvalue weighted by atomic mass is 10.1. The summed E-state index contributed by atoms with van der Waals surface area (Å²) in [4.78, 5) is 12.2. The Labute approximate surface area is 160 Å². The number of benzene rings is 1. The van der Waals surface area contributed by atoms with Crippen molar-refractivity contribution in [1.82, 2.24) is 10.2 Å². The number of nitrogens with zero attached hydrogens (tertiary/aromatic N) is 2. The number of aromatic nitrogens is 2. The second kappa shape index (κ2) is 7.51. The lowest BCUT2D eigenvalue weighted by Crippen LogP contribution is -2.17. The third-order valence-corrected chi connectivity index (χ3v) is 6.76. The zero-order valence-corrected chi connectivity index (χ0v) is 16.7. The number of anilines is 2. The number of rotatable bonds is 7. The molecule has 1 amide bonds. The van der Waals surface area contributed by atoms with Gasteiger partial charge in [0, 0.05) is 11.7 Å². The number of aryl methyl sites for hydroxylation is 1. The number of nitrogens with two attached hydrogens (primary N) is 1. The number of sulfonamides is 1. The van der Waals surface area contributed by atoms with Gasteiger partial charge in [0.15, 0.2) is 4.34 Å². The number of carbonyl (C=O) groups is 1. The molecule has 1 aliphatic rings. The maximum atomic E-state index is 12.2. The van der Waals surface area contributed by atoms with Crippen molar-refractivity contribution in [2.45, 2.75) is 42.0 Å². The van der Waals surface area contributed by atoms with Gasteiger partial charge in [-0.25, -0.2) is 13.6 Å². The SMILES string of the molecule is Cc1cc(S(N)(=O)=O)cc(NC(=O)CSc2nnc(NC3CC3)s2)c1C. The van der Waals surface area contributed by atoms with Crippen LogP contribution in [-0.4, -0.2) is 36.3 Å². The van der Waals surface area contributed by atoms with Crippen molar-refractivity contribution in [1.29, 1.82) is 0 Å². The lowest BCUT2D eigenvalue weighted by Gasteiger charge is -2.12. The summed E-state index contributed by atoms with van der Waals surface area (Å²) < 4.78 is 23.8. The number of hydrogen-bond donors (Lipinski definition) is 3. The Bertz CT molecular complexity index is 938. The number of hydrogen-bond acceptors (Lipinski definition) is 8. The van der Waals surface area contributed by atoms with Gasteiger partial charge >= 0.3 is 0 Å². The van der Waals surface area contributed by atoms with E-state index in [-0.39, 0.29) is 16.6 Å². The molecule has 3 rings (SSSR count). The summed E-state index contributed by atoms with van der Waals surface area (Å²) in [7, 11) is -3.84. The largest absolute Gasteiger partial charge is 0.357 e. The quantitative estimate of drug-likeness (QED) is 0.593. The van der Waals surface area contributed by atoms with Gasteiger partial charge in [-0.2, -0.15) is 0 Å². The summed E-state index contributed by atoms with van der Waals surface area (Å²) in [5.74, 6) is -0.105. The van der Waals surface area contributed by atoms with E-state index in [9.17, 15) is 13.2 Å². The van der Waals surface area contributed by atoms with E-state index in [1.54, 1.807) is 6.92 Å². The molecule has 26 heavy (non-hydrogen) atoms. The summed E-state index contributed by atoms with van der Waals surface area (Å²) in [6.45, 7) is 3.58. The molecule has 0 spiro atoms. The van der Waals surface area contributed by atoms with Gasteiger partial charge in [0.05, 0.1) is 10.6 Å². The standard InChI is InChI=1S/C15H19N5O3S3/c1-8-5-11(26(16,22)23)6-12(9(8)2)18-13(21)7-24-15-20-19-14(25-15)17-10-3-4-10/h5-6,10H,3-4,7H2,1-2H3,(H,17,19)(H,18,21)(H2,16,22,23). The van der Waals surface area contributed by atoms with E-state index in [1.807, 2.05) is 6.92 Å². The molecule has 1 saturated carbocycles. The molecule has 1 fully saturated rings. The van der Waals surface area contributed by atoms with Gasteiger partial charge in [-0.15, -0.1) is 10.2 Å². The molecule has 11 heteroatoms. The fourth-order valence-electron chi connectivity index (χ4n) is 2.16. The Morgan fingerprint density at radius 2 is 2.08 bits per heavy atom. The van der Waals surface area contributed by atoms with Crippen molar-refractivity contribution in [3.8, 4) is 0 Å². The number of carbonyl (C=O) groups excluding carboxylic acids is 1. The highest BCUT2D eigenvalue weighted by atomic mass is 32.2. The second-order valence-electron chi connectivity index (χ2n) is 6.09. The van der Waals surface area contributed by atoms with Crippen LogP contribution in [0.15, 0.2) is 21.4 Å². The molecule has 2 aromatic rings. The molecule has 0 unspecified atom stereocenters. The molecule has 8 nitrogen and oxygen atoms in total. The van der Waals surface area contributed by atoms with Crippen LogP contribution in [0.1, 0.15) is 24.0 Å². The molecule has 0 atom stereocenters. The van der Waals surface area contributed by atoms with E-state index in [2.05, 4.69) is 20.8 Å². The number of nitrogens with one attached hydrogen (secondary N) is 2. The predicted octanol–water partition coefficient (Wildman–Crippen LogP) is 2.11. The molecular weight excluding hydrogens is 394 g/mol. The van der Waals surface area contributed by atoms with E-state index in [0.717, 1.165) is 29.1 Å². The van der Waals surface area contributed by atoms with E-state index in [1.165, 1.54) is 35.2 Å². The number of amides is 1. The van der Waals surface area contributed by atoms with Gasteiger partial charge in [0.1, 0.15) is 0 Å². The van der Waals surface area contributed by atoms with Gasteiger partial charge in [0.2, 0.25) is 21.1 Å². The van der Waals surface area contributed by atoms with Gasteiger partial charge in [-0.3, -0.25) is 4.79 Å². The third kappa shape index (κ3) is 4.93. The molecule has 1 aromatic heterocycles. The molecule has 1 heterocycles. The second-order valence-corrected chi connectivity index (χ2v) is 9.85. The van der Waals surface area contributed by atoms with Gasteiger partial charge in [0.25, 0.3) is 0 Å². The monoisotopic (exact) mass is 413 g/mol. The summed E-state index contributed by atoms with van der Waals surface area (Å²) in [6, 6.07) is 3.37. The highest BCUT2D eigenvalue weighted by Crippen LogP contribution is 2.30. The summed E-state index contributed by atoms with van der Waals surface area (Å²) in [5, 5.41) is 20.1. The number of primary sulfonamides is 1. The van der Waals surface area contributed by atoms with E-state index >= 15 is 0 Å². The van der Waals surface area contributed by atoms with Crippen molar-refractivity contribution < 1.29 is 13.2 Å². The molecule has 1 aliphatic carbocycles. The maximum Gasteiger partial charge on any atom is 0.238 e. The van der Waals surface area contributed by atoms with E-state index in [0.29, 0.717) is 16.1 Å². The molecule has 140 valence electrons. The minimum Gasteiger partial charge on any atom is -0.357 e. The average Bonchev–Trinajstić information content (AvgIpc) is 3.25. The van der Waals surface area contributed by atoms with Crippen LogP contribution in [-0.2, 0) is 14.8 Å². The predicted molar refractivity (Wildman–Crippen MR) is 103 cm³/mol. The minimum absolute atomic E-state index is 0.0246. The van der Waals surface area contributed by atoms with Crippen LogP contribution in [0.3, 0.4) is 0 Å². The van der Waals surface area contributed by atoms with Crippen LogP contribution >= 0.6 is 23.1 Å². The maximum absolute atomic E-state index is 12.2. The Morgan fingerprint density at radius 1 is 1.35 bits per heavy atom. The fourth-order valence-corrected chi connectivity index (χ4v) is 4.41. The average molecular weight is 414 g/mol. The molecule has 0 bridgehead atoms. The first-order valence-electron chi connectivity index (χ1n) is 7.89. The molecular formula is C15H19N5O3S3. The van der Waals surface area contributed by atoms with Crippen molar-refractivity contribution in [2.24, 2.45) is 5.14 Å². The van der Waals surface area contributed by atoms with E-state index < -0.39 is 10.0 Å². The third-order valence-electron chi connectivity index (χ3n) is 3.88. The first-order valence-corrected chi connectivity index (χ1v) is 11.2. The van der Waals surface area contributed by atoms with Gasteiger partial charge < -0.3 is 10.6 Å². The normalized spacial score (nSPS) is 14.3. The van der Waals surface area contributed by atoms with Crippen LogP contribution in [0.2, 0.25) is 0 Å². The fraction of sp³-hybridized carbons (Fsp3) is 0.400.